The summed E-state index contributed by atoms with van der Waals surface area (Å²) in [6.07, 6.45) is 0.429. The van der Waals surface area contributed by atoms with Gasteiger partial charge in [0.2, 0.25) is 0 Å². The molecule has 0 amide bonds. The van der Waals surface area contributed by atoms with E-state index in [2.05, 4.69) is 10.2 Å². The minimum absolute atomic E-state index is 0.171. The van der Waals surface area contributed by atoms with Crippen molar-refractivity contribution in [1.82, 2.24) is 0 Å². The van der Waals surface area contributed by atoms with Crippen LogP contribution in [-0.4, -0.2) is 38.6 Å². The molecule has 1 unspecified atom stereocenters. The van der Waals surface area contributed by atoms with Crippen LogP contribution in [0, 0.1) is 0 Å². The van der Waals surface area contributed by atoms with E-state index >= 15 is 0 Å². The molecule has 0 radical (unpaired) electrons. The van der Waals surface area contributed by atoms with Gasteiger partial charge in [0.1, 0.15) is 30.3 Å². The van der Waals surface area contributed by atoms with E-state index in [1.165, 1.54) is 0 Å². The van der Waals surface area contributed by atoms with Gasteiger partial charge in [-0.25, -0.2) is 0 Å². The summed E-state index contributed by atoms with van der Waals surface area (Å²) in [7, 11) is 0. The van der Waals surface area contributed by atoms with Gasteiger partial charge < -0.3 is 18.9 Å². The van der Waals surface area contributed by atoms with Crippen LogP contribution >= 0.6 is 0 Å². The van der Waals surface area contributed by atoms with Crippen molar-refractivity contribution in [3.8, 4) is 11.5 Å². The molecule has 2 fully saturated rings. The predicted octanol–water partition coefficient (Wildman–Crippen LogP) is 3.66. The van der Waals surface area contributed by atoms with Crippen LogP contribution in [0.1, 0.15) is 0 Å². The molecule has 6 nitrogen and oxygen atoms in total. The fraction of sp³-hybridized carbons (Fsp3) is 0.333. The van der Waals surface area contributed by atoms with Crippen LogP contribution in [0.15, 0.2) is 58.8 Å². The van der Waals surface area contributed by atoms with Crippen molar-refractivity contribution in [2.75, 3.05) is 26.4 Å². The standard InChI is InChI=1S/C18H18N2O4/c1-5-15(22-11-17-12-23-17)6-2-13(1)19-20-14-3-7-16(8-4-14)24-18-9-21-10-18/h1-8,17-18H,9-12H2/b20-19+. The molecule has 0 spiro atoms. The van der Waals surface area contributed by atoms with Crippen molar-refractivity contribution in [1.29, 1.82) is 0 Å². The maximum Gasteiger partial charge on any atom is 0.145 e. The zero-order valence-electron chi connectivity index (χ0n) is 13.1. The first-order chi connectivity index (χ1) is 11.8. The maximum absolute atomic E-state index is 5.71. The average molecular weight is 326 g/mol. The molecule has 2 aliphatic heterocycles. The SMILES string of the molecule is c1cc(OCC2CO2)ccc1/N=N/c1ccc(OC2COC2)cc1. The van der Waals surface area contributed by atoms with Crippen LogP contribution in [-0.2, 0) is 9.47 Å². The Balaban J connectivity index is 1.31. The highest BCUT2D eigenvalue weighted by atomic mass is 16.6. The zero-order chi connectivity index (χ0) is 16.2. The van der Waals surface area contributed by atoms with Gasteiger partial charge in [0, 0.05) is 0 Å². The molecule has 0 aromatic heterocycles. The fourth-order valence-electron chi connectivity index (χ4n) is 2.14. The number of epoxide rings is 1. The lowest BCUT2D eigenvalue weighted by Crippen LogP contribution is -2.38. The lowest BCUT2D eigenvalue weighted by atomic mass is 10.3. The average Bonchev–Trinajstić information content (AvgIpc) is 3.41. The third-order valence-corrected chi connectivity index (χ3v) is 3.70. The summed E-state index contributed by atoms with van der Waals surface area (Å²) in [5.74, 6) is 1.63. The summed E-state index contributed by atoms with van der Waals surface area (Å²) in [5, 5.41) is 8.46. The van der Waals surface area contributed by atoms with Crippen molar-refractivity contribution in [2.45, 2.75) is 12.2 Å². The Morgan fingerprint density at radius 2 is 1.42 bits per heavy atom. The Hall–Kier alpha value is -2.44. The molecule has 0 N–H and O–H groups in total. The first-order valence-corrected chi connectivity index (χ1v) is 7.96. The molecule has 2 aromatic carbocycles. The summed E-state index contributed by atoms with van der Waals surface area (Å²) >= 11 is 0. The van der Waals surface area contributed by atoms with Crippen LogP contribution < -0.4 is 9.47 Å². The molecule has 0 saturated carbocycles. The number of hydrogen-bond acceptors (Lipinski definition) is 6. The minimum Gasteiger partial charge on any atom is -0.491 e. The van der Waals surface area contributed by atoms with E-state index in [0.29, 0.717) is 19.8 Å². The smallest absolute Gasteiger partial charge is 0.145 e. The number of benzene rings is 2. The first kappa shape index (κ1) is 15.1. The van der Waals surface area contributed by atoms with E-state index in [0.717, 1.165) is 29.5 Å². The number of azo groups is 1. The van der Waals surface area contributed by atoms with Gasteiger partial charge in [0.25, 0.3) is 0 Å². The topological polar surface area (TPSA) is 64.9 Å². The summed E-state index contributed by atoms with van der Waals surface area (Å²) in [6.45, 7) is 2.72. The van der Waals surface area contributed by atoms with E-state index in [4.69, 9.17) is 18.9 Å². The Kier molecular flexibility index (Phi) is 4.40. The van der Waals surface area contributed by atoms with E-state index < -0.39 is 0 Å². The van der Waals surface area contributed by atoms with E-state index in [1.807, 2.05) is 48.5 Å². The molecule has 2 saturated heterocycles. The van der Waals surface area contributed by atoms with Crippen molar-refractivity contribution in [3.05, 3.63) is 48.5 Å². The predicted molar refractivity (Wildman–Crippen MR) is 87.5 cm³/mol. The maximum atomic E-state index is 5.71. The molecule has 24 heavy (non-hydrogen) atoms. The van der Waals surface area contributed by atoms with Crippen LogP contribution in [0.3, 0.4) is 0 Å². The van der Waals surface area contributed by atoms with Crippen LogP contribution in [0.2, 0.25) is 0 Å². The molecule has 4 rings (SSSR count). The third-order valence-electron chi connectivity index (χ3n) is 3.70. The van der Waals surface area contributed by atoms with Crippen LogP contribution in [0.25, 0.3) is 0 Å². The second kappa shape index (κ2) is 6.98. The Bertz CT molecular complexity index is 692. The van der Waals surface area contributed by atoms with E-state index in [1.54, 1.807) is 0 Å². The Morgan fingerprint density at radius 3 is 1.92 bits per heavy atom. The van der Waals surface area contributed by atoms with Gasteiger partial charge in [-0.15, -0.1) is 0 Å². The first-order valence-electron chi connectivity index (χ1n) is 7.96. The van der Waals surface area contributed by atoms with Gasteiger partial charge >= 0.3 is 0 Å². The van der Waals surface area contributed by atoms with Crippen molar-refractivity contribution in [3.63, 3.8) is 0 Å². The number of nitrogens with zero attached hydrogens (tertiary/aromatic N) is 2. The normalized spacial score (nSPS) is 19.9. The van der Waals surface area contributed by atoms with Crippen LogP contribution in [0.4, 0.5) is 11.4 Å². The molecule has 2 heterocycles. The molecule has 6 heteroatoms. The number of ether oxygens (including phenoxy) is 4. The van der Waals surface area contributed by atoms with Gasteiger partial charge in [0.05, 0.1) is 31.2 Å². The van der Waals surface area contributed by atoms with Gasteiger partial charge in [-0.3, -0.25) is 0 Å². The molecule has 1 atom stereocenters. The van der Waals surface area contributed by atoms with Gasteiger partial charge in [-0.2, -0.15) is 10.2 Å². The summed E-state index contributed by atoms with van der Waals surface area (Å²) in [6, 6.07) is 15.1. The summed E-state index contributed by atoms with van der Waals surface area (Å²) in [4.78, 5) is 0. The van der Waals surface area contributed by atoms with Gasteiger partial charge in [-0.05, 0) is 48.5 Å². The largest absolute Gasteiger partial charge is 0.491 e. The van der Waals surface area contributed by atoms with Crippen LogP contribution in [0.5, 0.6) is 11.5 Å². The monoisotopic (exact) mass is 326 g/mol. The van der Waals surface area contributed by atoms with Crippen molar-refractivity contribution >= 4 is 11.4 Å². The highest BCUT2D eigenvalue weighted by molar-refractivity contribution is 5.44. The second-order valence-electron chi connectivity index (χ2n) is 5.73. The fourth-order valence-corrected chi connectivity index (χ4v) is 2.14. The molecule has 0 aliphatic carbocycles. The van der Waals surface area contributed by atoms with E-state index in [9.17, 15) is 0 Å². The van der Waals surface area contributed by atoms with Gasteiger partial charge in [-0.1, -0.05) is 0 Å². The molecule has 0 bridgehead atoms. The minimum atomic E-state index is 0.171. The lowest BCUT2D eigenvalue weighted by molar-refractivity contribution is -0.0796. The third kappa shape index (κ3) is 4.10. The molecule has 2 aromatic rings. The Morgan fingerprint density at radius 1 is 0.833 bits per heavy atom. The summed E-state index contributed by atoms with van der Waals surface area (Å²) in [5.41, 5.74) is 1.55. The van der Waals surface area contributed by atoms with Crippen molar-refractivity contribution in [2.24, 2.45) is 10.2 Å². The highest BCUT2D eigenvalue weighted by Gasteiger charge is 2.23. The number of rotatable bonds is 7. The zero-order valence-corrected chi connectivity index (χ0v) is 13.1. The Labute approximate surface area is 140 Å². The van der Waals surface area contributed by atoms with Crippen molar-refractivity contribution < 1.29 is 18.9 Å². The van der Waals surface area contributed by atoms with E-state index in [-0.39, 0.29) is 12.2 Å². The van der Waals surface area contributed by atoms with Gasteiger partial charge in [0.15, 0.2) is 0 Å². The molecule has 2 aliphatic rings. The number of hydrogen-bond donors (Lipinski definition) is 0. The quantitative estimate of drug-likeness (QED) is 0.575. The molecule has 124 valence electrons. The summed E-state index contributed by atoms with van der Waals surface area (Å²) < 4.78 is 21.5. The second-order valence-corrected chi connectivity index (χ2v) is 5.73. The molecular weight excluding hydrogens is 308 g/mol. The highest BCUT2D eigenvalue weighted by Crippen LogP contribution is 2.24. The lowest BCUT2D eigenvalue weighted by Gasteiger charge is -2.26. The molecular formula is C18H18N2O4.